The fourth-order valence-corrected chi connectivity index (χ4v) is 2.81. The lowest BCUT2D eigenvalue weighted by atomic mass is 10.0. The number of ether oxygens (including phenoxy) is 1. The summed E-state index contributed by atoms with van der Waals surface area (Å²) in [5.41, 5.74) is 3.26. The summed E-state index contributed by atoms with van der Waals surface area (Å²) in [5.74, 6) is -1.31. The Morgan fingerprint density at radius 1 is 0.848 bits per heavy atom. The Hall–Kier alpha value is -3.43. The van der Waals surface area contributed by atoms with E-state index in [2.05, 4.69) is 16.1 Å². The van der Waals surface area contributed by atoms with Gasteiger partial charge in [-0.15, -0.1) is 0 Å². The molecule has 0 spiro atoms. The van der Waals surface area contributed by atoms with Crippen LogP contribution in [0, 0.1) is 0 Å². The molecule has 9 nitrogen and oxygen atoms in total. The minimum absolute atomic E-state index is 0.151. The van der Waals surface area contributed by atoms with E-state index < -0.39 is 42.2 Å². The van der Waals surface area contributed by atoms with E-state index in [0.29, 0.717) is 0 Å². The van der Waals surface area contributed by atoms with Gasteiger partial charge in [0.05, 0.1) is 13.2 Å². The summed E-state index contributed by atoms with van der Waals surface area (Å²) in [5, 5.41) is 14.5. The number of hydrogen-bond donors (Lipinski definition) is 4. The summed E-state index contributed by atoms with van der Waals surface area (Å²) < 4.78 is 5.12. The van der Waals surface area contributed by atoms with Crippen molar-refractivity contribution in [1.82, 2.24) is 16.1 Å². The topological polar surface area (TPSA) is 126 Å². The third-order valence-corrected chi connectivity index (χ3v) is 4.36. The smallest absolute Gasteiger partial charge is 0.408 e. The molecule has 0 bridgehead atoms. The molecule has 9 heteroatoms. The van der Waals surface area contributed by atoms with Gasteiger partial charge in [-0.1, -0.05) is 60.7 Å². The van der Waals surface area contributed by atoms with Gasteiger partial charge in [0.15, 0.2) is 0 Å². The Bertz CT molecular complexity index is 899. The minimum Gasteiger partial charge on any atom is -0.444 e. The summed E-state index contributed by atoms with van der Waals surface area (Å²) in [4.78, 5) is 42.8. The van der Waals surface area contributed by atoms with E-state index in [1.54, 1.807) is 20.8 Å². The first-order chi connectivity index (χ1) is 15.7. The highest BCUT2D eigenvalue weighted by atomic mass is 16.7. The van der Waals surface area contributed by atoms with Gasteiger partial charge < -0.3 is 20.5 Å². The van der Waals surface area contributed by atoms with E-state index in [0.717, 1.165) is 11.1 Å². The Morgan fingerprint density at radius 2 is 1.42 bits per heavy atom. The third kappa shape index (κ3) is 9.71. The zero-order chi connectivity index (χ0) is 24.3. The molecule has 33 heavy (non-hydrogen) atoms. The largest absolute Gasteiger partial charge is 0.444 e. The lowest BCUT2D eigenvalue weighted by Crippen LogP contribution is -2.56. The number of carbonyl (C=O) groups is 3. The average Bonchev–Trinajstić information content (AvgIpc) is 2.77. The van der Waals surface area contributed by atoms with Crippen LogP contribution < -0.4 is 16.1 Å². The van der Waals surface area contributed by atoms with E-state index in [1.165, 1.54) is 0 Å². The standard InChI is InChI=1S/C24H31N3O6/c1-24(2,3)33-23(31)26-20(15-28)21(29)25-19(14-17-10-6-4-7-11-17)22(30)27-32-16-18-12-8-5-9-13-18/h4-13,19-20,28H,14-16H2,1-3H3,(H,25,29)(H,26,31)(H,27,30)/t19-,20-/m0/s1. The molecule has 0 aliphatic carbocycles. The summed E-state index contributed by atoms with van der Waals surface area (Å²) in [6, 6.07) is 16.1. The lowest BCUT2D eigenvalue weighted by Gasteiger charge is -2.24. The van der Waals surface area contributed by atoms with Crippen LogP contribution in [0.4, 0.5) is 4.79 Å². The molecule has 4 N–H and O–H groups in total. The van der Waals surface area contributed by atoms with Gasteiger partial charge in [-0.2, -0.15) is 0 Å². The molecule has 0 unspecified atom stereocenters. The van der Waals surface area contributed by atoms with Crippen LogP contribution in [0.3, 0.4) is 0 Å². The Kier molecular flexibility index (Phi) is 9.84. The van der Waals surface area contributed by atoms with Crippen molar-refractivity contribution in [3.05, 3.63) is 71.8 Å². The molecule has 0 aromatic heterocycles. The van der Waals surface area contributed by atoms with Crippen LogP contribution in [0.5, 0.6) is 0 Å². The van der Waals surface area contributed by atoms with E-state index in [4.69, 9.17) is 9.57 Å². The van der Waals surface area contributed by atoms with Crippen LogP contribution in [0.15, 0.2) is 60.7 Å². The van der Waals surface area contributed by atoms with Crippen molar-refractivity contribution in [2.24, 2.45) is 0 Å². The summed E-state index contributed by atoms with van der Waals surface area (Å²) in [6.07, 6.45) is -0.676. The molecule has 2 rings (SSSR count). The molecule has 2 aromatic rings. The molecular weight excluding hydrogens is 426 g/mol. The molecule has 0 radical (unpaired) electrons. The highest BCUT2D eigenvalue weighted by Crippen LogP contribution is 2.08. The maximum Gasteiger partial charge on any atom is 0.408 e. The van der Waals surface area contributed by atoms with Gasteiger partial charge in [-0.25, -0.2) is 10.3 Å². The highest BCUT2D eigenvalue weighted by molar-refractivity contribution is 5.91. The van der Waals surface area contributed by atoms with E-state index in [1.807, 2.05) is 60.7 Å². The van der Waals surface area contributed by atoms with E-state index in [9.17, 15) is 19.5 Å². The number of nitrogens with one attached hydrogen (secondary N) is 3. The fraction of sp³-hybridized carbons (Fsp3) is 0.375. The number of carbonyl (C=O) groups excluding carboxylic acids is 3. The fourth-order valence-electron chi connectivity index (χ4n) is 2.81. The SMILES string of the molecule is CC(C)(C)OC(=O)N[C@@H](CO)C(=O)N[C@@H](Cc1ccccc1)C(=O)NOCc1ccccc1. The first kappa shape index (κ1) is 25.8. The van der Waals surface area contributed by atoms with E-state index >= 15 is 0 Å². The maximum absolute atomic E-state index is 12.8. The first-order valence-electron chi connectivity index (χ1n) is 10.6. The quantitative estimate of drug-likeness (QED) is 0.404. The summed E-state index contributed by atoms with van der Waals surface area (Å²) in [7, 11) is 0. The molecule has 0 aliphatic rings. The zero-order valence-electron chi connectivity index (χ0n) is 19.0. The molecule has 178 valence electrons. The van der Waals surface area contributed by atoms with Gasteiger partial charge in [0, 0.05) is 6.42 Å². The second-order valence-electron chi connectivity index (χ2n) is 8.37. The molecule has 0 saturated carbocycles. The number of aliphatic hydroxyl groups excluding tert-OH is 1. The van der Waals surface area contributed by atoms with E-state index in [-0.39, 0.29) is 13.0 Å². The normalized spacial score (nSPS) is 12.8. The molecule has 0 aliphatic heterocycles. The Balaban J connectivity index is 2.02. The van der Waals surface area contributed by atoms with Crippen molar-refractivity contribution in [2.45, 2.75) is 51.5 Å². The monoisotopic (exact) mass is 457 g/mol. The Labute approximate surface area is 193 Å². The number of alkyl carbamates (subject to hydrolysis) is 1. The van der Waals surface area contributed by atoms with Crippen molar-refractivity contribution in [2.75, 3.05) is 6.61 Å². The number of aliphatic hydroxyl groups is 1. The second kappa shape index (κ2) is 12.6. The predicted octanol–water partition coefficient (Wildman–Crippen LogP) is 1.85. The van der Waals surface area contributed by atoms with Crippen LogP contribution in [0.2, 0.25) is 0 Å². The van der Waals surface area contributed by atoms with Crippen molar-refractivity contribution in [3.63, 3.8) is 0 Å². The van der Waals surface area contributed by atoms with Crippen LogP contribution in [-0.2, 0) is 32.2 Å². The minimum atomic E-state index is -1.30. The van der Waals surface area contributed by atoms with Gasteiger partial charge in [-0.05, 0) is 31.9 Å². The summed E-state index contributed by atoms with van der Waals surface area (Å²) >= 11 is 0. The van der Waals surface area contributed by atoms with Crippen LogP contribution >= 0.6 is 0 Å². The van der Waals surface area contributed by atoms with Crippen molar-refractivity contribution >= 4 is 17.9 Å². The van der Waals surface area contributed by atoms with Gasteiger partial charge >= 0.3 is 6.09 Å². The zero-order valence-corrected chi connectivity index (χ0v) is 19.0. The Morgan fingerprint density at radius 3 is 1.97 bits per heavy atom. The first-order valence-corrected chi connectivity index (χ1v) is 10.6. The van der Waals surface area contributed by atoms with Crippen LogP contribution in [0.25, 0.3) is 0 Å². The number of amides is 3. The molecular formula is C24H31N3O6. The van der Waals surface area contributed by atoms with Gasteiger partial charge in [0.25, 0.3) is 5.91 Å². The number of hydrogen-bond acceptors (Lipinski definition) is 6. The molecule has 0 fully saturated rings. The maximum atomic E-state index is 12.8. The van der Waals surface area contributed by atoms with Gasteiger partial charge in [0.1, 0.15) is 17.7 Å². The molecule has 0 heterocycles. The van der Waals surface area contributed by atoms with Gasteiger partial charge in [-0.3, -0.25) is 14.4 Å². The summed E-state index contributed by atoms with van der Waals surface area (Å²) in [6.45, 7) is 4.51. The van der Waals surface area contributed by atoms with Crippen LogP contribution in [0.1, 0.15) is 31.9 Å². The van der Waals surface area contributed by atoms with Crippen molar-refractivity contribution in [3.8, 4) is 0 Å². The van der Waals surface area contributed by atoms with Crippen LogP contribution in [-0.4, -0.2) is 47.3 Å². The molecule has 2 atom stereocenters. The third-order valence-electron chi connectivity index (χ3n) is 4.36. The van der Waals surface area contributed by atoms with Crippen molar-refractivity contribution in [1.29, 1.82) is 0 Å². The number of hydroxylamine groups is 1. The average molecular weight is 458 g/mol. The van der Waals surface area contributed by atoms with Gasteiger partial charge in [0.2, 0.25) is 5.91 Å². The number of benzene rings is 2. The lowest BCUT2D eigenvalue weighted by molar-refractivity contribution is -0.139. The molecule has 3 amide bonds. The molecule has 0 saturated heterocycles. The number of rotatable bonds is 10. The second-order valence-corrected chi connectivity index (χ2v) is 8.37. The molecule has 2 aromatic carbocycles. The predicted molar refractivity (Wildman–Crippen MR) is 122 cm³/mol. The van der Waals surface area contributed by atoms with Crippen molar-refractivity contribution < 1.29 is 29.1 Å². The highest BCUT2D eigenvalue weighted by Gasteiger charge is 2.28.